The van der Waals surface area contributed by atoms with Crippen molar-refractivity contribution in [3.05, 3.63) is 54.9 Å². The van der Waals surface area contributed by atoms with E-state index in [1.165, 1.54) is 49.4 Å². The van der Waals surface area contributed by atoms with E-state index in [0.717, 1.165) is 21.5 Å². The highest BCUT2D eigenvalue weighted by atomic mass is 32.1. The molecule has 10 heteroatoms. The molecule has 1 fully saturated rings. The third-order valence-electron chi connectivity index (χ3n) is 4.91. The van der Waals surface area contributed by atoms with Gasteiger partial charge in [0, 0.05) is 25.4 Å². The van der Waals surface area contributed by atoms with E-state index >= 15 is 0 Å². The van der Waals surface area contributed by atoms with Crippen LogP contribution < -0.4 is 16.0 Å². The fraction of sp³-hybridized carbons (Fsp3) is 0.333. The molecule has 1 aliphatic heterocycles. The van der Waals surface area contributed by atoms with Gasteiger partial charge >= 0.3 is 0 Å². The molecule has 0 radical (unpaired) electrons. The Labute approximate surface area is 202 Å². The molecule has 1 saturated heterocycles. The number of imidazole rings is 1. The second-order valence-corrected chi connectivity index (χ2v) is 8.22. The SMILES string of the molecule is C1CCNC1.CC.O=CNCCn1cnc2cnc(Nc3ncc(-c4ccc(F)cc4)s3)cc21. The zero-order valence-corrected chi connectivity index (χ0v) is 20.2. The monoisotopic (exact) mass is 483 g/mol. The minimum atomic E-state index is -0.265. The maximum Gasteiger partial charge on any atom is 0.207 e. The van der Waals surface area contributed by atoms with Crippen molar-refractivity contribution in [2.45, 2.75) is 33.2 Å². The number of nitrogens with zero attached hydrogens (tertiary/aromatic N) is 4. The lowest BCUT2D eigenvalue weighted by atomic mass is 10.2. The first-order valence-corrected chi connectivity index (χ1v) is 12.2. The first kappa shape index (κ1) is 25.3. The lowest BCUT2D eigenvalue weighted by Gasteiger charge is -2.05. The van der Waals surface area contributed by atoms with Gasteiger partial charge < -0.3 is 20.5 Å². The Bertz CT molecular complexity index is 1150. The highest BCUT2D eigenvalue weighted by molar-refractivity contribution is 7.18. The van der Waals surface area contributed by atoms with E-state index in [0.29, 0.717) is 30.4 Å². The normalized spacial score (nSPS) is 12.3. The van der Waals surface area contributed by atoms with Crippen LogP contribution in [-0.4, -0.2) is 45.6 Å². The van der Waals surface area contributed by atoms with Gasteiger partial charge in [-0.05, 0) is 43.6 Å². The molecule has 34 heavy (non-hydrogen) atoms. The van der Waals surface area contributed by atoms with Crippen LogP contribution in [0.3, 0.4) is 0 Å². The number of halogens is 1. The van der Waals surface area contributed by atoms with Crippen LogP contribution in [0.5, 0.6) is 0 Å². The molecule has 1 amide bonds. The number of hydrogen-bond donors (Lipinski definition) is 3. The molecule has 0 spiro atoms. The van der Waals surface area contributed by atoms with E-state index in [9.17, 15) is 9.18 Å². The van der Waals surface area contributed by atoms with Gasteiger partial charge in [-0.1, -0.05) is 37.3 Å². The standard InChI is InChI=1S/C18H15FN6OS.C4H9N.C2H6/c19-13-3-1-12(2-4-13)16-9-22-18(27-16)24-17-7-15-14(8-21-17)23-10-25(15)6-5-20-11-26;1-2-4-5-3-1;1-2/h1-4,7-11H,5-6H2,(H,20,26)(H,21,22,24);5H,1-4H2;1-2H3. The molecule has 4 aromatic rings. The summed E-state index contributed by atoms with van der Waals surface area (Å²) >= 11 is 1.46. The summed E-state index contributed by atoms with van der Waals surface area (Å²) < 4.78 is 15.0. The van der Waals surface area contributed by atoms with E-state index in [2.05, 4.69) is 30.9 Å². The summed E-state index contributed by atoms with van der Waals surface area (Å²) in [7, 11) is 0. The van der Waals surface area contributed by atoms with E-state index in [-0.39, 0.29) is 5.82 Å². The predicted octanol–water partition coefficient (Wildman–Crippen LogP) is 4.58. The molecule has 4 heterocycles. The third kappa shape index (κ3) is 7.06. The Morgan fingerprint density at radius 2 is 1.88 bits per heavy atom. The van der Waals surface area contributed by atoms with Gasteiger partial charge in [0.1, 0.15) is 17.2 Å². The van der Waals surface area contributed by atoms with E-state index < -0.39 is 0 Å². The molecule has 0 unspecified atom stereocenters. The first-order chi connectivity index (χ1) is 16.7. The molecule has 0 bridgehead atoms. The number of anilines is 2. The largest absolute Gasteiger partial charge is 0.357 e. The van der Waals surface area contributed by atoms with Crippen LogP contribution in [0.15, 0.2) is 49.1 Å². The number of thiazole rings is 1. The van der Waals surface area contributed by atoms with Crippen molar-refractivity contribution in [1.29, 1.82) is 0 Å². The summed E-state index contributed by atoms with van der Waals surface area (Å²) in [5.41, 5.74) is 2.60. The zero-order chi connectivity index (χ0) is 24.2. The van der Waals surface area contributed by atoms with E-state index in [1.54, 1.807) is 30.9 Å². The summed E-state index contributed by atoms with van der Waals surface area (Å²) in [6.45, 7) is 7.64. The van der Waals surface area contributed by atoms with Gasteiger partial charge in [-0.15, -0.1) is 0 Å². The van der Waals surface area contributed by atoms with Crippen LogP contribution in [0.25, 0.3) is 21.5 Å². The van der Waals surface area contributed by atoms with Crippen molar-refractivity contribution in [1.82, 2.24) is 30.2 Å². The van der Waals surface area contributed by atoms with Gasteiger partial charge in [-0.25, -0.2) is 19.3 Å². The number of nitrogens with one attached hydrogen (secondary N) is 3. The number of amides is 1. The van der Waals surface area contributed by atoms with Crippen molar-refractivity contribution >= 4 is 39.7 Å². The average molecular weight is 484 g/mol. The number of aromatic nitrogens is 4. The molecule has 180 valence electrons. The van der Waals surface area contributed by atoms with Gasteiger partial charge in [0.25, 0.3) is 0 Å². The minimum Gasteiger partial charge on any atom is -0.357 e. The number of rotatable bonds is 7. The highest BCUT2D eigenvalue weighted by Crippen LogP contribution is 2.30. The molecule has 3 aromatic heterocycles. The van der Waals surface area contributed by atoms with E-state index in [1.807, 2.05) is 24.5 Å². The van der Waals surface area contributed by atoms with Crippen LogP contribution >= 0.6 is 11.3 Å². The molecule has 0 atom stereocenters. The maximum atomic E-state index is 13.1. The zero-order valence-electron chi connectivity index (χ0n) is 19.4. The van der Waals surface area contributed by atoms with Gasteiger partial charge in [-0.3, -0.25) is 4.79 Å². The molecule has 3 N–H and O–H groups in total. The third-order valence-corrected chi connectivity index (χ3v) is 5.88. The fourth-order valence-corrected chi connectivity index (χ4v) is 4.09. The molecule has 1 aliphatic rings. The van der Waals surface area contributed by atoms with Crippen molar-refractivity contribution in [3.8, 4) is 10.4 Å². The number of fused-ring (bicyclic) bond motifs is 1. The summed E-state index contributed by atoms with van der Waals surface area (Å²) in [6, 6.07) is 8.20. The summed E-state index contributed by atoms with van der Waals surface area (Å²) in [6.07, 6.45) is 8.61. The Morgan fingerprint density at radius 1 is 1.12 bits per heavy atom. The number of benzene rings is 1. The lowest BCUT2D eigenvalue weighted by molar-refractivity contribution is -0.109. The lowest BCUT2D eigenvalue weighted by Crippen LogP contribution is -2.17. The van der Waals surface area contributed by atoms with Crippen molar-refractivity contribution in [2.75, 3.05) is 25.0 Å². The smallest absolute Gasteiger partial charge is 0.207 e. The Balaban J connectivity index is 0.000000404. The molecule has 5 rings (SSSR count). The van der Waals surface area contributed by atoms with Crippen LogP contribution in [0.1, 0.15) is 26.7 Å². The fourth-order valence-electron chi connectivity index (χ4n) is 3.27. The molecule has 1 aromatic carbocycles. The maximum absolute atomic E-state index is 13.1. The van der Waals surface area contributed by atoms with Crippen LogP contribution in [-0.2, 0) is 11.3 Å². The molecular formula is C24H30FN7OS. The summed E-state index contributed by atoms with van der Waals surface area (Å²) in [5, 5.41) is 9.74. The minimum absolute atomic E-state index is 0.265. The van der Waals surface area contributed by atoms with Gasteiger partial charge in [0.05, 0.1) is 22.9 Å². The summed E-state index contributed by atoms with van der Waals surface area (Å²) in [4.78, 5) is 24.4. The number of carbonyl (C=O) groups excluding carboxylic acids is 1. The first-order valence-electron chi connectivity index (χ1n) is 11.4. The van der Waals surface area contributed by atoms with Gasteiger partial charge in [-0.2, -0.15) is 0 Å². The van der Waals surface area contributed by atoms with Gasteiger partial charge in [0.15, 0.2) is 5.13 Å². The van der Waals surface area contributed by atoms with Crippen LogP contribution in [0.2, 0.25) is 0 Å². The van der Waals surface area contributed by atoms with E-state index in [4.69, 9.17) is 0 Å². The number of pyridine rings is 1. The quantitative estimate of drug-likeness (QED) is 0.263. The van der Waals surface area contributed by atoms with Gasteiger partial charge in [0.2, 0.25) is 6.41 Å². The second-order valence-electron chi connectivity index (χ2n) is 7.19. The molecule has 0 saturated carbocycles. The Morgan fingerprint density at radius 3 is 2.56 bits per heavy atom. The van der Waals surface area contributed by atoms with Crippen molar-refractivity contribution in [2.24, 2.45) is 0 Å². The Hall–Kier alpha value is -3.37. The van der Waals surface area contributed by atoms with Crippen LogP contribution in [0, 0.1) is 5.82 Å². The molecule has 8 nitrogen and oxygen atoms in total. The second kappa shape index (κ2) is 13.4. The molecule has 0 aliphatic carbocycles. The Kier molecular flexibility index (Phi) is 9.93. The van der Waals surface area contributed by atoms with Crippen LogP contribution in [0.4, 0.5) is 15.3 Å². The van der Waals surface area contributed by atoms with Crippen molar-refractivity contribution in [3.63, 3.8) is 0 Å². The predicted molar refractivity (Wildman–Crippen MR) is 136 cm³/mol. The molecular weight excluding hydrogens is 453 g/mol. The van der Waals surface area contributed by atoms with Crippen molar-refractivity contribution < 1.29 is 9.18 Å². The summed E-state index contributed by atoms with van der Waals surface area (Å²) in [5.74, 6) is 0.381. The average Bonchev–Trinajstić information content (AvgIpc) is 3.65. The topological polar surface area (TPSA) is 96.8 Å². The number of hydrogen-bond acceptors (Lipinski definition) is 7. The highest BCUT2D eigenvalue weighted by Gasteiger charge is 2.08. The number of carbonyl (C=O) groups is 1.